The molecule has 3 nitrogen and oxygen atoms in total. The second-order valence-corrected chi connectivity index (χ2v) is 2.37. The van der Waals surface area contributed by atoms with Gasteiger partial charge in [-0.3, -0.25) is 4.79 Å². The van der Waals surface area contributed by atoms with Crippen LogP contribution in [0.3, 0.4) is 0 Å². The molecule has 0 bridgehead atoms. The Hall–Kier alpha value is -1.77. The van der Waals surface area contributed by atoms with Crippen LogP contribution in [0.4, 0.5) is 0 Å². The monoisotopic (exact) mass is 177 g/mol. The lowest BCUT2D eigenvalue weighted by atomic mass is 10.4. The number of rotatable bonds is 0. The van der Waals surface area contributed by atoms with Crippen LogP contribution in [0.25, 0.3) is 0 Å². The lowest BCUT2D eigenvalue weighted by Crippen LogP contribution is -2.22. The minimum atomic E-state index is -0.0949. The molecule has 0 fully saturated rings. The number of benzene rings is 1. The number of hydrogen-bond donors (Lipinski definition) is 1. The Morgan fingerprint density at radius 3 is 1.85 bits per heavy atom. The third kappa shape index (κ3) is 4.63. The van der Waals surface area contributed by atoms with Gasteiger partial charge in [0.05, 0.1) is 6.42 Å². The first-order valence-electron chi connectivity index (χ1n) is 3.99. The van der Waals surface area contributed by atoms with E-state index in [-0.39, 0.29) is 5.91 Å². The van der Waals surface area contributed by atoms with Crippen LogP contribution in [0.5, 0.6) is 0 Å². The Morgan fingerprint density at radius 1 is 1.08 bits per heavy atom. The van der Waals surface area contributed by atoms with E-state index in [9.17, 15) is 4.79 Å². The topological polar surface area (TPSA) is 38.3 Å². The summed E-state index contributed by atoms with van der Waals surface area (Å²) in [5.74, 6) is -0.0949. The lowest BCUT2D eigenvalue weighted by Gasteiger charge is -2.03. The van der Waals surface area contributed by atoms with Crippen LogP contribution in [-0.4, -0.2) is 5.91 Å². The highest BCUT2D eigenvalue weighted by Crippen LogP contribution is 1.88. The van der Waals surface area contributed by atoms with Crippen LogP contribution in [0.15, 0.2) is 48.7 Å². The average molecular weight is 177 g/mol. The molecule has 2 rings (SSSR count). The summed E-state index contributed by atoms with van der Waals surface area (Å²) in [4.78, 5) is 14.6. The minimum Gasteiger partial charge on any atom is -0.388 e. The fourth-order valence-electron chi connectivity index (χ4n) is 0.730. The van der Waals surface area contributed by atoms with E-state index >= 15 is 0 Å². The van der Waals surface area contributed by atoms with Gasteiger partial charge in [0.2, 0.25) is 0 Å². The predicted octanol–water partition coefficient (Wildman–Crippen LogP) is 1.64. The maximum absolute atomic E-state index is 10.2. The molecule has 0 saturated carbocycles. The molecule has 1 amide bonds. The van der Waals surface area contributed by atoms with Crippen molar-refractivity contribution in [1.82, 2.24) is 5.48 Å². The third-order valence-electron chi connectivity index (χ3n) is 1.31. The van der Waals surface area contributed by atoms with E-state index in [2.05, 4.69) is 10.3 Å². The maximum atomic E-state index is 10.2. The van der Waals surface area contributed by atoms with Crippen molar-refractivity contribution in [3.05, 3.63) is 48.7 Å². The molecule has 0 saturated heterocycles. The Balaban J connectivity index is 0.000000132. The zero-order chi connectivity index (χ0) is 9.36. The van der Waals surface area contributed by atoms with Gasteiger partial charge >= 0.3 is 0 Å². The van der Waals surface area contributed by atoms with Crippen LogP contribution in [-0.2, 0) is 9.63 Å². The van der Waals surface area contributed by atoms with Crippen molar-refractivity contribution in [3.8, 4) is 0 Å². The molecule has 1 aromatic rings. The van der Waals surface area contributed by atoms with Gasteiger partial charge in [-0.2, -0.15) is 5.48 Å². The molecule has 1 aliphatic rings. The Kier molecular flexibility index (Phi) is 4.18. The van der Waals surface area contributed by atoms with Gasteiger partial charge in [-0.25, -0.2) is 0 Å². The number of hydrogen-bond acceptors (Lipinski definition) is 2. The quantitative estimate of drug-likeness (QED) is 0.654. The van der Waals surface area contributed by atoms with Crippen molar-refractivity contribution in [2.24, 2.45) is 0 Å². The molecule has 13 heavy (non-hydrogen) atoms. The summed E-state index contributed by atoms with van der Waals surface area (Å²) >= 11 is 0. The van der Waals surface area contributed by atoms with E-state index < -0.39 is 0 Å². The molecular formula is C10H11NO2. The van der Waals surface area contributed by atoms with Gasteiger partial charge in [-0.15, -0.1) is 0 Å². The van der Waals surface area contributed by atoms with Gasteiger partial charge in [-0.05, 0) is 6.08 Å². The Morgan fingerprint density at radius 2 is 1.62 bits per heavy atom. The smallest absolute Gasteiger partial charge is 0.256 e. The molecule has 0 spiro atoms. The van der Waals surface area contributed by atoms with Crippen molar-refractivity contribution in [3.63, 3.8) is 0 Å². The van der Waals surface area contributed by atoms with Crippen LogP contribution in [0.2, 0.25) is 0 Å². The average Bonchev–Trinajstić information content (AvgIpc) is 2.22. The van der Waals surface area contributed by atoms with Crippen LogP contribution < -0.4 is 5.48 Å². The maximum Gasteiger partial charge on any atom is 0.256 e. The van der Waals surface area contributed by atoms with Crippen LogP contribution in [0.1, 0.15) is 6.42 Å². The normalized spacial score (nSPS) is 13.4. The predicted molar refractivity (Wildman–Crippen MR) is 49.4 cm³/mol. The molecular weight excluding hydrogens is 166 g/mol. The summed E-state index contributed by atoms with van der Waals surface area (Å²) < 4.78 is 0. The molecule has 0 aromatic heterocycles. The van der Waals surface area contributed by atoms with Gasteiger partial charge in [0.1, 0.15) is 6.26 Å². The number of amides is 1. The highest BCUT2D eigenvalue weighted by Gasteiger charge is 1.98. The molecule has 1 aliphatic heterocycles. The molecule has 1 N–H and O–H groups in total. The standard InChI is InChI=1S/C6H6.C4H5NO2/c1-2-4-6-5-3-1;6-4-2-1-3-7-5-4/h1-6H;1,3H,2H2,(H,5,6). The SMILES string of the molecule is O=C1CC=CON1.c1ccccc1. The summed E-state index contributed by atoms with van der Waals surface area (Å²) in [5.41, 5.74) is 2.16. The number of hydroxylamine groups is 1. The van der Waals surface area contributed by atoms with E-state index in [0.717, 1.165) is 0 Å². The largest absolute Gasteiger partial charge is 0.388 e. The van der Waals surface area contributed by atoms with Crippen molar-refractivity contribution in [2.45, 2.75) is 6.42 Å². The van der Waals surface area contributed by atoms with E-state index in [1.54, 1.807) is 6.08 Å². The number of carbonyl (C=O) groups is 1. The van der Waals surface area contributed by atoms with E-state index in [0.29, 0.717) is 6.42 Å². The molecule has 0 unspecified atom stereocenters. The van der Waals surface area contributed by atoms with E-state index in [4.69, 9.17) is 0 Å². The van der Waals surface area contributed by atoms with E-state index in [1.807, 2.05) is 36.4 Å². The lowest BCUT2D eigenvalue weighted by molar-refractivity contribution is -0.130. The Bertz CT molecular complexity index is 243. The second kappa shape index (κ2) is 5.83. The fourth-order valence-corrected chi connectivity index (χ4v) is 0.730. The first-order chi connectivity index (χ1) is 6.39. The number of nitrogens with one attached hydrogen (secondary N) is 1. The van der Waals surface area contributed by atoms with Crippen molar-refractivity contribution in [2.75, 3.05) is 0 Å². The zero-order valence-electron chi connectivity index (χ0n) is 7.14. The molecule has 0 aliphatic carbocycles. The molecule has 0 atom stereocenters. The van der Waals surface area contributed by atoms with Crippen molar-refractivity contribution in [1.29, 1.82) is 0 Å². The summed E-state index contributed by atoms with van der Waals surface area (Å²) in [7, 11) is 0. The first-order valence-corrected chi connectivity index (χ1v) is 3.99. The van der Waals surface area contributed by atoms with Gasteiger partial charge in [0, 0.05) is 0 Å². The summed E-state index contributed by atoms with van der Waals surface area (Å²) in [5, 5.41) is 0. The van der Waals surface area contributed by atoms with Crippen LogP contribution >= 0.6 is 0 Å². The molecule has 1 aromatic carbocycles. The molecule has 1 heterocycles. The van der Waals surface area contributed by atoms with E-state index in [1.165, 1.54) is 6.26 Å². The molecule has 3 heteroatoms. The summed E-state index contributed by atoms with van der Waals surface area (Å²) in [6, 6.07) is 12.0. The zero-order valence-corrected chi connectivity index (χ0v) is 7.14. The molecule has 0 radical (unpaired) electrons. The van der Waals surface area contributed by atoms with Gasteiger partial charge in [0.25, 0.3) is 5.91 Å². The highest BCUT2D eigenvalue weighted by atomic mass is 16.6. The summed E-state index contributed by atoms with van der Waals surface area (Å²) in [6.07, 6.45) is 3.53. The van der Waals surface area contributed by atoms with Crippen molar-refractivity contribution >= 4 is 5.91 Å². The van der Waals surface area contributed by atoms with Gasteiger partial charge < -0.3 is 4.84 Å². The fraction of sp³-hybridized carbons (Fsp3) is 0.100. The third-order valence-corrected chi connectivity index (χ3v) is 1.31. The van der Waals surface area contributed by atoms with Crippen LogP contribution in [0, 0.1) is 0 Å². The van der Waals surface area contributed by atoms with Gasteiger partial charge in [0.15, 0.2) is 0 Å². The second-order valence-electron chi connectivity index (χ2n) is 2.37. The first kappa shape index (κ1) is 9.32. The molecule has 68 valence electrons. The Labute approximate surface area is 77.0 Å². The minimum absolute atomic E-state index is 0.0949. The highest BCUT2D eigenvalue weighted by molar-refractivity contribution is 5.76. The van der Waals surface area contributed by atoms with Gasteiger partial charge in [-0.1, -0.05) is 36.4 Å². The van der Waals surface area contributed by atoms with Crippen molar-refractivity contribution < 1.29 is 9.63 Å². The summed E-state index contributed by atoms with van der Waals surface area (Å²) in [6.45, 7) is 0. The number of carbonyl (C=O) groups excluding carboxylic acids is 1.